The van der Waals surface area contributed by atoms with Crippen LogP contribution >= 0.6 is 22.6 Å². The van der Waals surface area contributed by atoms with Crippen molar-refractivity contribution in [1.82, 2.24) is 0 Å². The Morgan fingerprint density at radius 3 is 2.71 bits per heavy atom. The Morgan fingerprint density at radius 2 is 2.14 bits per heavy atom. The molecule has 1 aromatic carbocycles. The normalized spacial score (nSPS) is 9.29. The molecule has 0 radical (unpaired) electrons. The summed E-state index contributed by atoms with van der Waals surface area (Å²) in [5, 5.41) is 2.59. The minimum absolute atomic E-state index is 0.164. The topological polar surface area (TPSA) is 55.4 Å². The van der Waals surface area contributed by atoms with E-state index in [-0.39, 0.29) is 5.91 Å². The van der Waals surface area contributed by atoms with Gasteiger partial charge in [0.2, 0.25) is 5.91 Å². The average molecular weight is 305 g/mol. The van der Waals surface area contributed by atoms with Gasteiger partial charge in [-0.2, -0.15) is 0 Å². The summed E-state index contributed by atoms with van der Waals surface area (Å²) in [4.78, 5) is 21.4. The number of carbonyl (C=O) groups is 2. The van der Waals surface area contributed by atoms with Gasteiger partial charge in [0, 0.05) is 18.7 Å². The SMILES string of the molecule is CC(=O)Nc1cccc(OC(=O)I)c1. The Labute approximate surface area is 94.8 Å². The van der Waals surface area contributed by atoms with Crippen LogP contribution in [0.25, 0.3) is 0 Å². The van der Waals surface area contributed by atoms with Crippen LogP contribution in [0.5, 0.6) is 5.75 Å². The Balaban J connectivity index is 2.78. The van der Waals surface area contributed by atoms with E-state index in [1.54, 1.807) is 24.3 Å². The van der Waals surface area contributed by atoms with E-state index in [0.717, 1.165) is 0 Å². The Morgan fingerprint density at radius 1 is 1.43 bits per heavy atom. The molecule has 5 heteroatoms. The molecule has 1 rings (SSSR count). The second kappa shape index (κ2) is 4.94. The van der Waals surface area contributed by atoms with Gasteiger partial charge in [-0.25, -0.2) is 4.79 Å². The van der Waals surface area contributed by atoms with Gasteiger partial charge in [-0.3, -0.25) is 4.79 Å². The van der Waals surface area contributed by atoms with Crippen molar-refractivity contribution in [1.29, 1.82) is 0 Å². The summed E-state index contributed by atoms with van der Waals surface area (Å²) in [6, 6.07) is 6.63. The summed E-state index contributed by atoms with van der Waals surface area (Å²) in [5.74, 6) is 0.249. The van der Waals surface area contributed by atoms with Gasteiger partial charge in [0.25, 0.3) is 0 Å². The molecule has 0 bridgehead atoms. The number of anilines is 1. The molecule has 0 aliphatic carbocycles. The predicted octanol–water partition coefficient (Wildman–Crippen LogP) is 2.58. The molecular formula is C9H8INO3. The van der Waals surface area contributed by atoms with E-state index in [9.17, 15) is 9.59 Å². The molecule has 1 amide bonds. The number of benzene rings is 1. The maximum absolute atomic E-state index is 10.7. The van der Waals surface area contributed by atoms with E-state index in [0.29, 0.717) is 11.4 Å². The molecule has 0 aliphatic rings. The van der Waals surface area contributed by atoms with E-state index in [4.69, 9.17) is 4.74 Å². The molecule has 0 heterocycles. The predicted molar refractivity (Wildman–Crippen MR) is 60.8 cm³/mol. The van der Waals surface area contributed by atoms with Crippen molar-refractivity contribution < 1.29 is 14.3 Å². The second-order valence-electron chi connectivity index (χ2n) is 2.55. The van der Waals surface area contributed by atoms with Crippen LogP contribution in [-0.2, 0) is 4.79 Å². The van der Waals surface area contributed by atoms with E-state index in [2.05, 4.69) is 5.32 Å². The van der Waals surface area contributed by atoms with Crippen molar-refractivity contribution >= 4 is 38.2 Å². The summed E-state index contributed by atoms with van der Waals surface area (Å²) >= 11 is 1.53. The summed E-state index contributed by atoms with van der Waals surface area (Å²) < 4.78 is 4.42. The molecule has 0 spiro atoms. The van der Waals surface area contributed by atoms with Crippen LogP contribution in [0.3, 0.4) is 0 Å². The largest absolute Gasteiger partial charge is 0.419 e. The van der Waals surface area contributed by atoms with Crippen LogP contribution < -0.4 is 10.1 Å². The highest BCUT2D eigenvalue weighted by Crippen LogP contribution is 2.18. The second-order valence-corrected chi connectivity index (χ2v) is 3.43. The van der Waals surface area contributed by atoms with Gasteiger partial charge in [-0.05, 0) is 12.1 Å². The Kier molecular flexibility index (Phi) is 3.87. The maximum Gasteiger partial charge on any atom is 0.372 e. The fourth-order valence-electron chi connectivity index (χ4n) is 0.933. The zero-order valence-electron chi connectivity index (χ0n) is 7.41. The fourth-order valence-corrected chi connectivity index (χ4v) is 1.19. The molecule has 0 unspecified atom stereocenters. The number of nitrogens with one attached hydrogen (secondary N) is 1. The van der Waals surface area contributed by atoms with E-state index >= 15 is 0 Å². The zero-order valence-corrected chi connectivity index (χ0v) is 9.57. The van der Waals surface area contributed by atoms with Crippen molar-refractivity contribution in [3.63, 3.8) is 0 Å². The van der Waals surface area contributed by atoms with Gasteiger partial charge in [0.1, 0.15) is 5.75 Å². The smallest absolute Gasteiger partial charge is 0.372 e. The lowest BCUT2D eigenvalue weighted by Crippen LogP contribution is -2.05. The number of hydrogen-bond donors (Lipinski definition) is 1. The van der Waals surface area contributed by atoms with Gasteiger partial charge in [-0.15, -0.1) is 0 Å². The molecule has 74 valence electrons. The lowest BCUT2D eigenvalue weighted by atomic mass is 10.3. The monoisotopic (exact) mass is 305 g/mol. The number of rotatable bonds is 2. The third kappa shape index (κ3) is 3.73. The van der Waals surface area contributed by atoms with E-state index < -0.39 is 3.98 Å². The third-order valence-electron chi connectivity index (χ3n) is 1.35. The molecule has 0 aliphatic heterocycles. The first kappa shape index (κ1) is 11.0. The highest BCUT2D eigenvalue weighted by Gasteiger charge is 2.01. The van der Waals surface area contributed by atoms with Crippen LogP contribution in [0.1, 0.15) is 6.92 Å². The van der Waals surface area contributed by atoms with Crippen molar-refractivity contribution in [2.75, 3.05) is 5.32 Å². The summed E-state index contributed by atoms with van der Waals surface area (Å²) in [7, 11) is 0. The first-order chi connectivity index (χ1) is 6.58. The van der Waals surface area contributed by atoms with Crippen LogP contribution in [0.15, 0.2) is 24.3 Å². The molecular weight excluding hydrogens is 297 g/mol. The summed E-state index contributed by atoms with van der Waals surface area (Å²) in [6.45, 7) is 1.41. The van der Waals surface area contributed by atoms with Crippen LogP contribution in [0, 0.1) is 0 Å². The summed E-state index contributed by atoms with van der Waals surface area (Å²) in [6.07, 6.45) is 0. The first-order valence-electron chi connectivity index (χ1n) is 3.83. The zero-order chi connectivity index (χ0) is 10.6. The van der Waals surface area contributed by atoms with Gasteiger partial charge in [-0.1, -0.05) is 6.07 Å². The van der Waals surface area contributed by atoms with E-state index in [1.165, 1.54) is 29.5 Å². The minimum atomic E-state index is -0.414. The van der Waals surface area contributed by atoms with Gasteiger partial charge in [0.05, 0.1) is 22.6 Å². The fraction of sp³-hybridized carbons (Fsp3) is 0.111. The lowest BCUT2D eigenvalue weighted by Gasteiger charge is -2.04. The van der Waals surface area contributed by atoms with Crippen LogP contribution in [0.4, 0.5) is 10.5 Å². The number of ether oxygens (including phenoxy) is 1. The average Bonchev–Trinajstić information content (AvgIpc) is 2.01. The number of halogens is 1. The first-order valence-corrected chi connectivity index (χ1v) is 4.91. The lowest BCUT2D eigenvalue weighted by molar-refractivity contribution is -0.114. The number of amides is 1. The van der Waals surface area contributed by atoms with E-state index in [1.807, 2.05) is 0 Å². The Bertz CT molecular complexity index is 334. The van der Waals surface area contributed by atoms with Crippen molar-refractivity contribution in [3.05, 3.63) is 24.3 Å². The molecule has 14 heavy (non-hydrogen) atoms. The highest BCUT2D eigenvalue weighted by atomic mass is 127. The number of hydrogen-bond acceptors (Lipinski definition) is 3. The molecule has 0 aromatic heterocycles. The highest BCUT2D eigenvalue weighted by molar-refractivity contribution is 14.1. The molecule has 4 nitrogen and oxygen atoms in total. The molecule has 1 aromatic rings. The van der Waals surface area contributed by atoms with Crippen LogP contribution in [0.2, 0.25) is 0 Å². The van der Waals surface area contributed by atoms with Crippen molar-refractivity contribution in [3.8, 4) is 5.75 Å². The molecule has 0 fully saturated rings. The minimum Gasteiger partial charge on any atom is -0.419 e. The molecule has 0 atom stereocenters. The Hall–Kier alpha value is -1.11. The van der Waals surface area contributed by atoms with Gasteiger partial charge >= 0.3 is 3.98 Å². The molecule has 1 N–H and O–H groups in total. The number of carbonyl (C=O) groups excluding carboxylic acids is 2. The third-order valence-corrected chi connectivity index (χ3v) is 1.57. The van der Waals surface area contributed by atoms with Crippen LogP contribution in [-0.4, -0.2) is 9.88 Å². The van der Waals surface area contributed by atoms with Gasteiger partial charge < -0.3 is 10.1 Å². The summed E-state index contributed by atoms with van der Waals surface area (Å²) in [5.41, 5.74) is 0.604. The van der Waals surface area contributed by atoms with Crippen molar-refractivity contribution in [2.45, 2.75) is 6.92 Å². The molecule has 0 saturated heterocycles. The standard InChI is InChI=1S/C9H8INO3/c1-6(12)11-7-3-2-4-8(5-7)14-9(10)13/h2-5H,1H3,(H,11,12). The molecule has 0 saturated carbocycles. The maximum atomic E-state index is 10.7. The quantitative estimate of drug-likeness (QED) is 0.675. The van der Waals surface area contributed by atoms with Gasteiger partial charge in [0.15, 0.2) is 0 Å². The van der Waals surface area contributed by atoms with Crippen molar-refractivity contribution in [2.24, 2.45) is 0 Å².